The standard InChI is InChI=1S/C16H20ClNS/c1-16(2,3)12-4-5-14-10(7-12)6-11-8-13(9-17)19-15(11)18-14/h6,8,12H,4-5,7,9H2,1-3H3. The number of aryl methyl sites for hydroxylation is 1. The van der Waals surface area contributed by atoms with Gasteiger partial charge in [-0.15, -0.1) is 22.9 Å². The molecule has 0 amide bonds. The molecule has 19 heavy (non-hydrogen) atoms. The van der Waals surface area contributed by atoms with Crippen LogP contribution >= 0.6 is 22.9 Å². The third-order valence-corrected chi connectivity index (χ3v) is 5.77. The lowest BCUT2D eigenvalue weighted by Crippen LogP contribution is -2.27. The van der Waals surface area contributed by atoms with Crippen LogP contribution in [-0.4, -0.2) is 4.98 Å². The van der Waals surface area contributed by atoms with E-state index in [-0.39, 0.29) is 0 Å². The van der Waals surface area contributed by atoms with Gasteiger partial charge in [-0.2, -0.15) is 0 Å². The molecule has 1 nitrogen and oxygen atoms in total. The van der Waals surface area contributed by atoms with Crippen LogP contribution in [0.1, 0.15) is 43.3 Å². The van der Waals surface area contributed by atoms with Crippen LogP contribution in [-0.2, 0) is 18.7 Å². The first kappa shape index (κ1) is 13.4. The normalized spacial score (nSPS) is 19.7. The van der Waals surface area contributed by atoms with Gasteiger partial charge in [-0.1, -0.05) is 20.8 Å². The molecular weight excluding hydrogens is 274 g/mol. The maximum Gasteiger partial charge on any atom is 0.123 e. The minimum Gasteiger partial charge on any atom is -0.242 e. The van der Waals surface area contributed by atoms with Crippen molar-refractivity contribution in [1.29, 1.82) is 0 Å². The van der Waals surface area contributed by atoms with E-state index in [4.69, 9.17) is 16.6 Å². The van der Waals surface area contributed by atoms with Crippen LogP contribution in [0.5, 0.6) is 0 Å². The second-order valence-electron chi connectivity index (χ2n) is 6.64. The quantitative estimate of drug-likeness (QED) is 0.660. The van der Waals surface area contributed by atoms with Gasteiger partial charge in [0.05, 0.1) is 5.88 Å². The molecule has 3 heteroatoms. The number of aromatic nitrogens is 1. The Morgan fingerprint density at radius 3 is 2.84 bits per heavy atom. The van der Waals surface area contributed by atoms with E-state index in [1.807, 2.05) is 0 Å². The minimum absolute atomic E-state index is 0.391. The number of pyridine rings is 1. The van der Waals surface area contributed by atoms with Crippen LogP contribution in [0.15, 0.2) is 12.1 Å². The third kappa shape index (κ3) is 2.53. The van der Waals surface area contributed by atoms with Crippen molar-refractivity contribution in [2.45, 2.75) is 45.9 Å². The smallest absolute Gasteiger partial charge is 0.123 e. The average Bonchev–Trinajstić information content (AvgIpc) is 2.75. The first-order chi connectivity index (χ1) is 8.97. The highest BCUT2D eigenvalue weighted by molar-refractivity contribution is 7.18. The van der Waals surface area contributed by atoms with Crippen LogP contribution in [0.4, 0.5) is 0 Å². The topological polar surface area (TPSA) is 12.9 Å². The number of thiophene rings is 1. The van der Waals surface area contributed by atoms with E-state index in [2.05, 4.69) is 32.9 Å². The largest absolute Gasteiger partial charge is 0.242 e. The fourth-order valence-electron chi connectivity index (χ4n) is 2.98. The van der Waals surface area contributed by atoms with Crippen molar-refractivity contribution in [3.05, 3.63) is 28.3 Å². The molecule has 0 saturated heterocycles. The molecule has 2 heterocycles. The van der Waals surface area contributed by atoms with Gasteiger partial charge < -0.3 is 0 Å². The molecule has 3 rings (SSSR count). The molecule has 1 aliphatic carbocycles. The third-order valence-electron chi connectivity index (χ3n) is 4.28. The molecule has 0 aromatic carbocycles. The van der Waals surface area contributed by atoms with Crippen LogP contribution in [0.25, 0.3) is 10.2 Å². The number of rotatable bonds is 1. The summed E-state index contributed by atoms with van der Waals surface area (Å²) in [7, 11) is 0. The molecular formula is C16H20ClNS. The summed E-state index contributed by atoms with van der Waals surface area (Å²) in [4.78, 5) is 7.24. The highest BCUT2D eigenvalue weighted by Gasteiger charge is 2.29. The van der Waals surface area contributed by atoms with E-state index in [1.54, 1.807) is 11.3 Å². The van der Waals surface area contributed by atoms with Gasteiger partial charge in [0.1, 0.15) is 4.83 Å². The lowest BCUT2D eigenvalue weighted by atomic mass is 9.71. The highest BCUT2D eigenvalue weighted by atomic mass is 35.5. The Kier molecular flexibility index (Phi) is 3.34. The fourth-order valence-corrected chi connectivity index (χ4v) is 4.10. The molecule has 2 aromatic rings. The average molecular weight is 294 g/mol. The van der Waals surface area contributed by atoms with Crippen molar-refractivity contribution < 1.29 is 0 Å². The lowest BCUT2D eigenvalue weighted by Gasteiger charge is -2.34. The predicted octanol–water partition coefficient (Wildman–Crippen LogP) is 5.19. The van der Waals surface area contributed by atoms with Crippen molar-refractivity contribution in [3.63, 3.8) is 0 Å². The highest BCUT2D eigenvalue weighted by Crippen LogP contribution is 2.38. The zero-order valence-electron chi connectivity index (χ0n) is 11.8. The van der Waals surface area contributed by atoms with Crippen molar-refractivity contribution in [3.8, 4) is 0 Å². The van der Waals surface area contributed by atoms with Gasteiger partial charge >= 0.3 is 0 Å². The molecule has 0 saturated carbocycles. The van der Waals surface area contributed by atoms with Crippen molar-refractivity contribution in [1.82, 2.24) is 4.98 Å². The zero-order chi connectivity index (χ0) is 13.6. The maximum atomic E-state index is 5.92. The van der Waals surface area contributed by atoms with Gasteiger partial charge in [0.2, 0.25) is 0 Å². The van der Waals surface area contributed by atoms with Gasteiger partial charge in [-0.3, -0.25) is 0 Å². The van der Waals surface area contributed by atoms with Crippen molar-refractivity contribution >= 4 is 33.2 Å². The Morgan fingerprint density at radius 2 is 2.16 bits per heavy atom. The van der Waals surface area contributed by atoms with Gasteiger partial charge in [0, 0.05) is 16.0 Å². The van der Waals surface area contributed by atoms with Crippen LogP contribution in [0.2, 0.25) is 0 Å². The second-order valence-corrected chi connectivity index (χ2v) is 8.02. The van der Waals surface area contributed by atoms with E-state index in [0.717, 1.165) is 17.2 Å². The molecule has 1 unspecified atom stereocenters. The summed E-state index contributed by atoms with van der Waals surface area (Å²) in [6.07, 6.45) is 3.57. The molecule has 0 bridgehead atoms. The number of hydrogen-bond acceptors (Lipinski definition) is 2. The minimum atomic E-state index is 0.391. The molecule has 102 valence electrons. The predicted molar refractivity (Wildman–Crippen MR) is 84.1 cm³/mol. The van der Waals surface area contributed by atoms with Gasteiger partial charge in [0.25, 0.3) is 0 Å². The summed E-state index contributed by atoms with van der Waals surface area (Å²) in [5.41, 5.74) is 3.16. The summed E-state index contributed by atoms with van der Waals surface area (Å²) in [5, 5.41) is 1.27. The second kappa shape index (κ2) is 4.75. The van der Waals surface area contributed by atoms with Crippen LogP contribution in [0, 0.1) is 11.3 Å². The number of fused-ring (bicyclic) bond motifs is 2. The molecule has 0 radical (unpaired) electrons. The van der Waals surface area contributed by atoms with Gasteiger partial charge in [-0.05, 0) is 48.3 Å². The number of hydrogen-bond donors (Lipinski definition) is 0. The lowest BCUT2D eigenvalue weighted by molar-refractivity contribution is 0.215. The summed E-state index contributed by atoms with van der Waals surface area (Å²) in [6.45, 7) is 7.06. The monoisotopic (exact) mass is 293 g/mol. The van der Waals surface area contributed by atoms with E-state index in [1.165, 1.54) is 34.4 Å². The molecule has 0 fully saturated rings. The Labute approximate surface area is 124 Å². The summed E-state index contributed by atoms with van der Waals surface area (Å²) >= 11 is 7.66. The number of alkyl halides is 1. The molecule has 2 aromatic heterocycles. The number of nitrogens with zero attached hydrogens (tertiary/aromatic N) is 1. The molecule has 1 aliphatic rings. The van der Waals surface area contributed by atoms with Gasteiger partial charge in [-0.25, -0.2) is 4.98 Å². The van der Waals surface area contributed by atoms with Crippen molar-refractivity contribution in [2.24, 2.45) is 11.3 Å². The van der Waals surface area contributed by atoms with E-state index in [0.29, 0.717) is 11.3 Å². The van der Waals surface area contributed by atoms with Crippen molar-refractivity contribution in [2.75, 3.05) is 0 Å². The molecule has 0 aliphatic heterocycles. The Morgan fingerprint density at radius 1 is 1.37 bits per heavy atom. The first-order valence-electron chi connectivity index (χ1n) is 6.94. The zero-order valence-corrected chi connectivity index (χ0v) is 13.4. The first-order valence-corrected chi connectivity index (χ1v) is 8.29. The van der Waals surface area contributed by atoms with Gasteiger partial charge in [0.15, 0.2) is 0 Å². The Bertz CT molecular complexity index is 609. The van der Waals surface area contributed by atoms with E-state index < -0.39 is 0 Å². The van der Waals surface area contributed by atoms with E-state index >= 15 is 0 Å². The Balaban J connectivity index is 2.00. The fraction of sp³-hybridized carbons (Fsp3) is 0.562. The Hall–Kier alpha value is -0.600. The molecule has 0 spiro atoms. The molecule has 1 atom stereocenters. The summed E-state index contributed by atoms with van der Waals surface area (Å²) in [6, 6.07) is 4.54. The van der Waals surface area contributed by atoms with Crippen LogP contribution in [0.3, 0.4) is 0 Å². The SMILES string of the molecule is CC(C)(C)C1CCc2nc3sc(CCl)cc3cc2C1. The van der Waals surface area contributed by atoms with Crippen LogP contribution < -0.4 is 0 Å². The van der Waals surface area contributed by atoms with E-state index in [9.17, 15) is 0 Å². The maximum absolute atomic E-state index is 5.92. The summed E-state index contributed by atoms with van der Waals surface area (Å²) < 4.78 is 0. The number of halogens is 1. The summed E-state index contributed by atoms with van der Waals surface area (Å²) in [5.74, 6) is 1.36. The molecule has 0 N–H and O–H groups in total.